The van der Waals surface area contributed by atoms with Crippen LogP contribution in [0.3, 0.4) is 0 Å². The lowest BCUT2D eigenvalue weighted by atomic mass is 10.1. The van der Waals surface area contributed by atoms with Crippen LogP contribution in [0, 0.1) is 0 Å². The molecule has 2 nitrogen and oxygen atoms in total. The molecule has 0 saturated carbocycles. The van der Waals surface area contributed by atoms with E-state index in [1.165, 1.54) is 12.1 Å². The molecule has 0 bridgehead atoms. The Morgan fingerprint density at radius 2 is 1.67 bits per heavy atom. The van der Waals surface area contributed by atoms with Crippen molar-refractivity contribution in [3.63, 3.8) is 0 Å². The molecule has 2 rings (SSSR count). The van der Waals surface area contributed by atoms with Gasteiger partial charge in [0.05, 0.1) is 5.56 Å². The van der Waals surface area contributed by atoms with Crippen LogP contribution in [0.4, 0.5) is 13.2 Å². The predicted octanol–water partition coefficient (Wildman–Crippen LogP) is 6.25. The average Bonchev–Trinajstić information content (AvgIpc) is 2.64. The van der Waals surface area contributed by atoms with Gasteiger partial charge in [0.25, 0.3) is 0 Å². The summed E-state index contributed by atoms with van der Waals surface area (Å²) >= 11 is 0. The molecule has 0 aromatic heterocycles. The van der Waals surface area contributed by atoms with Crippen molar-refractivity contribution in [2.24, 2.45) is 0 Å². The summed E-state index contributed by atoms with van der Waals surface area (Å²) in [6, 6.07) is 14.8. The van der Waals surface area contributed by atoms with Crippen LogP contribution in [0.2, 0.25) is 0 Å². The maximum Gasteiger partial charge on any atom is 0.416 e. The summed E-state index contributed by atoms with van der Waals surface area (Å²) in [6.07, 6.45) is 0.609. The number of alkyl halides is 3. The molecular formula is C22H26F3NO. The van der Waals surface area contributed by atoms with E-state index < -0.39 is 11.7 Å². The van der Waals surface area contributed by atoms with Crippen molar-refractivity contribution in [2.75, 3.05) is 14.1 Å². The highest BCUT2D eigenvalue weighted by Crippen LogP contribution is 2.31. The third kappa shape index (κ3) is 6.43. The van der Waals surface area contributed by atoms with Crippen molar-refractivity contribution in [3.8, 4) is 5.75 Å². The topological polar surface area (TPSA) is 12.5 Å². The number of halogens is 3. The summed E-state index contributed by atoms with van der Waals surface area (Å²) < 4.78 is 44.2. The first-order valence-corrected chi connectivity index (χ1v) is 9.08. The summed E-state index contributed by atoms with van der Waals surface area (Å²) in [5.41, 5.74) is 0.210. The molecule has 2 aromatic rings. The molecule has 0 aliphatic rings. The Kier molecular flexibility index (Phi) is 7.48. The fraction of sp³-hybridized carbons (Fsp3) is 0.364. The standard InChI is InChI=1S/C22H26F3NO/c1-4-8-19(26(2)3)13-16-21(17-9-6-5-7-10-17)27-20-14-11-18(12-15-20)22(23,24)25/h5-7,9-12,14-16,19H,4,8,13H2,1-3H3. The van der Waals surface area contributed by atoms with Gasteiger partial charge in [0.15, 0.2) is 0 Å². The van der Waals surface area contributed by atoms with Gasteiger partial charge in [-0.1, -0.05) is 43.7 Å². The Hall–Kier alpha value is -2.27. The fourth-order valence-electron chi connectivity index (χ4n) is 2.82. The fourth-order valence-corrected chi connectivity index (χ4v) is 2.82. The number of benzene rings is 2. The number of hydrogen-bond acceptors (Lipinski definition) is 2. The lowest BCUT2D eigenvalue weighted by Gasteiger charge is -2.23. The Morgan fingerprint density at radius 3 is 2.19 bits per heavy atom. The molecule has 27 heavy (non-hydrogen) atoms. The lowest BCUT2D eigenvalue weighted by molar-refractivity contribution is -0.137. The second kappa shape index (κ2) is 9.60. The monoisotopic (exact) mass is 377 g/mol. The van der Waals surface area contributed by atoms with Gasteiger partial charge < -0.3 is 9.64 Å². The van der Waals surface area contributed by atoms with Gasteiger partial charge in [-0.15, -0.1) is 0 Å². The largest absolute Gasteiger partial charge is 0.457 e. The molecular weight excluding hydrogens is 351 g/mol. The van der Waals surface area contributed by atoms with E-state index in [2.05, 4.69) is 11.8 Å². The molecule has 0 heterocycles. The van der Waals surface area contributed by atoms with Crippen LogP contribution in [-0.2, 0) is 6.18 Å². The molecule has 0 saturated heterocycles. The molecule has 0 aliphatic carbocycles. The normalized spacial score (nSPS) is 13.7. The molecule has 146 valence electrons. The third-order valence-corrected chi connectivity index (χ3v) is 4.40. The molecule has 0 N–H and O–H groups in total. The van der Waals surface area contributed by atoms with Gasteiger partial charge in [0, 0.05) is 11.6 Å². The van der Waals surface area contributed by atoms with Crippen LogP contribution in [-0.4, -0.2) is 25.0 Å². The Labute approximate surface area is 159 Å². The highest BCUT2D eigenvalue weighted by molar-refractivity contribution is 5.62. The van der Waals surface area contributed by atoms with E-state index in [0.29, 0.717) is 17.6 Å². The summed E-state index contributed by atoms with van der Waals surface area (Å²) in [6.45, 7) is 2.15. The van der Waals surface area contributed by atoms with Gasteiger partial charge in [-0.05, 0) is 57.3 Å². The second-order valence-corrected chi connectivity index (χ2v) is 6.70. The molecule has 5 heteroatoms. The maximum absolute atomic E-state index is 12.7. The molecule has 0 radical (unpaired) electrons. The van der Waals surface area contributed by atoms with Crippen LogP contribution < -0.4 is 4.74 Å². The molecule has 1 unspecified atom stereocenters. The van der Waals surface area contributed by atoms with Crippen molar-refractivity contribution >= 4 is 5.76 Å². The highest BCUT2D eigenvalue weighted by Gasteiger charge is 2.30. The predicted molar refractivity (Wildman–Crippen MR) is 103 cm³/mol. The van der Waals surface area contributed by atoms with E-state index in [1.807, 2.05) is 50.5 Å². The zero-order chi connectivity index (χ0) is 19.9. The van der Waals surface area contributed by atoms with Crippen molar-refractivity contribution in [1.82, 2.24) is 4.90 Å². The summed E-state index contributed by atoms with van der Waals surface area (Å²) in [5.74, 6) is 1.04. The van der Waals surface area contributed by atoms with Gasteiger partial charge in [-0.25, -0.2) is 0 Å². The first-order valence-electron chi connectivity index (χ1n) is 9.08. The number of nitrogens with zero attached hydrogens (tertiary/aromatic N) is 1. The van der Waals surface area contributed by atoms with E-state index in [9.17, 15) is 13.2 Å². The Morgan fingerprint density at radius 1 is 1.04 bits per heavy atom. The number of hydrogen-bond donors (Lipinski definition) is 0. The summed E-state index contributed by atoms with van der Waals surface area (Å²) in [5, 5.41) is 0. The Bertz CT molecular complexity index is 721. The lowest BCUT2D eigenvalue weighted by Crippen LogP contribution is -2.27. The van der Waals surface area contributed by atoms with Crippen molar-refractivity contribution < 1.29 is 17.9 Å². The zero-order valence-corrected chi connectivity index (χ0v) is 16.0. The van der Waals surface area contributed by atoms with Crippen LogP contribution in [0.15, 0.2) is 60.7 Å². The number of rotatable bonds is 8. The van der Waals surface area contributed by atoms with E-state index in [4.69, 9.17) is 4.74 Å². The highest BCUT2D eigenvalue weighted by atomic mass is 19.4. The summed E-state index contributed by atoms with van der Waals surface area (Å²) in [7, 11) is 4.10. The van der Waals surface area contributed by atoms with E-state index >= 15 is 0 Å². The second-order valence-electron chi connectivity index (χ2n) is 6.70. The van der Waals surface area contributed by atoms with Crippen molar-refractivity contribution in [3.05, 3.63) is 71.8 Å². The first kappa shape index (κ1) is 21.0. The van der Waals surface area contributed by atoms with Crippen LogP contribution in [0.1, 0.15) is 37.3 Å². The minimum absolute atomic E-state index is 0.380. The van der Waals surface area contributed by atoms with Gasteiger partial charge in [0.2, 0.25) is 0 Å². The third-order valence-electron chi connectivity index (χ3n) is 4.40. The maximum atomic E-state index is 12.7. The molecule has 0 fully saturated rings. The summed E-state index contributed by atoms with van der Waals surface area (Å²) in [4.78, 5) is 2.18. The van der Waals surface area contributed by atoms with Gasteiger partial charge >= 0.3 is 6.18 Å². The van der Waals surface area contributed by atoms with Gasteiger partial charge in [0.1, 0.15) is 11.5 Å². The van der Waals surface area contributed by atoms with E-state index in [1.54, 1.807) is 0 Å². The van der Waals surface area contributed by atoms with Gasteiger partial charge in [-0.3, -0.25) is 0 Å². The Balaban J connectivity index is 2.24. The van der Waals surface area contributed by atoms with E-state index in [-0.39, 0.29) is 0 Å². The van der Waals surface area contributed by atoms with Crippen molar-refractivity contribution in [2.45, 2.75) is 38.4 Å². The minimum Gasteiger partial charge on any atom is -0.457 e. The van der Waals surface area contributed by atoms with E-state index in [0.717, 1.165) is 37.0 Å². The van der Waals surface area contributed by atoms with Crippen LogP contribution in [0.25, 0.3) is 5.76 Å². The van der Waals surface area contributed by atoms with Crippen LogP contribution >= 0.6 is 0 Å². The quantitative estimate of drug-likeness (QED) is 0.505. The first-order chi connectivity index (χ1) is 12.8. The molecule has 2 aromatic carbocycles. The number of ether oxygens (including phenoxy) is 1. The zero-order valence-electron chi connectivity index (χ0n) is 16.0. The molecule has 0 aliphatic heterocycles. The van der Waals surface area contributed by atoms with Crippen LogP contribution in [0.5, 0.6) is 5.75 Å². The molecule has 1 atom stereocenters. The van der Waals surface area contributed by atoms with Crippen molar-refractivity contribution in [1.29, 1.82) is 0 Å². The molecule has 0 amide bonds. The molecule has 0 spiro atoms. The average molecular weight is 377 g/mol. The van der Waals surface area contributed by atoms with Gasteiger partial charge in [-0.2, -0.15) is 13.2 Å². The smallest absolute Gasteiger partial charge is 0.416 e. The minimum atomic E-state index is -4.35. The SMILES string of the molecule is CCCC(CC=C(Oc1ccc(C(F)(F)F)cc1)c1ccccc1)N(C)C.